The predicted molar refractivity (Wildman–Crippen MR) is 124 cm³/mol. The van der Waals surface area contributed by atoms with Gasteiger partial charge >= 0.3 is 5.97 Å². The summed E-state index contributed by atoms with van der Waals surface area (Å²) in [6.45, 7) is 3.62. The van der Waals surface area contributed by atoms with Crippen LogP contribution in [0.15, 0.2) is 59.4 Å². The zero-order chi connectivity index (χ0) is 22.4. The van der Waals surface area contributed by atoms with Gasteiger partial charge in [-0.2, -0.15) is 5.10 Å². The van der Waals surface area contributed by atoms with Gasteiger partial charge in [0.05, 0.1) is 22.1 Å². The molecule has 160 valence electrons. The first-order valence-corrected chi connectivity index (χ1v) is 11.0. The number of halogens is 1. The van der Waals surface area contributed by atoms with Crippen LogP contribution in [0.2, 0.25) is 5.02 Å². The van der Waals surface area contributed by atoms with Crippen molar-refractivity contribution in [3.05, 3.63) is 91.9 Å². The molecule has 0 amide bonds. The second-order valence-electron chi connectivity index (χ2n) is 7.30. The van der Waals surface area contributed by atoms with E-state index in [1.165, 1.54) is 21.8 Å². The maximum atomic E-state index is 12.7. The first kappa shape index (κ1) is 20.4. The Morgan fingerprint density at radius 3 is 2.75 bits per heavy atom. The number of aryl methyl sites for hydroxylation is 2. The van der Waals surface area contributed by atoms with Gasteiger partial charge in [0.2, 0.25) is 0 Å². The van der Waals surface area contributed by atoms with Crippen LogP contribution in [0.1, 0.15) is 26.8 Å². The van der Waals surface area contributed by atoms with Gasteiger partial charge in [0, 0.05) is 17.1 Å². The number of carbonyl (C=O) groups excluding carboxylic acids is 1. The molecule has 0 saturated heterocycles. The van der Waals surface area contributed by atoms with Crippen molar-refractivity contribution in [2.75, 3.05) is 0 Å². The lowest BCUT2D eigenvalue weighted by molar-refractivity contribution is 0.0473. The van der Waals surface area contributed by atoms with E-state index in [4.69, 9.17) is 16.3 Å². The summed E-state index contributed by atoms with van der Waals surface area (Å²) in [7, 11) is 0. The molecule has 5 rings (SSSR count). The summed E-state index contributed by atoms with van der Waals surface area (Å²) in [6.07, 6.45) is 0. The molecule has 0 bridgehead atoms. The SMILES string of the molecule is Cc1nn(-c2ccccc2Cl)c2sc(C(=O)OCc3cc(=O)n4c(C)cccc4n3)cc12. The van der Waals surface area contributed by atoms with Crippen molar-refractivity contribution in [2.45, 2.75) is 20.5 Å². The van der Waals surface area contributed by atoms with Crippen LogP contribution in [0, 0.1) is 13.8 Å². The number of carbonyl (C=O) groups is 1. The molecule has 0 fully saturated rings. The quantitative estimate of drug-likeness (QED) is 0.359. The van der Waals surface area contributed by atoms with Crippen molar-refractivity contribution in [3.8, 4) is 5.69 Å². The van der Waals surface area contributed by atoms with E-state index in [1.807, 2.05) is 44.2 Å². The Bertz CT molecular complexity index is 1570. The van der Waals surface area contributed by atoms with E-state index in [-0.39, 0.29) is 12.2 Å². The molecule has 0 atom stereocenters. The van der Waals surface area contributed by atoms with Crippen LogP contribution >= 0.6 is 22.9 Å². The van der Waals surface area contributed by atoms with Crippen molar-refractivity contribution in [1.29, 1.82) is 0 Å². The van der Waals surface area contributed by atoms with Crippen LogP contribution in [0.3, 0.4) is 0 Å². The average molecular weight is 465 g/mol. The number of esters is 1. The van der Waals surface area contributed by atoms with E-state index < -0.39 is 5.97 Å². The third-order valence-electron chi connectivity index (χ3n) is 5.11. The van der Waals surface area contributed by atoms with Crippen molar-refractivity contribution in [3.63, 3.8) is 0 Å². The minimum Gasteiger partial charge on any atom is -0.455 e. The standard InChI is InChI=1S/C23H17ClN4O3S/c1-13-6-5-9-20-25-15(10-21(29)27(13)20)12-31-23(30)19-11-16-14(2)26-28(22(16)32-19)18-8-4-3-7-17(18)24/h3-11H,12H2,1-2H3. The smallest absolute Gasteiger partial charge is 0.348 e. The number of thiophene rings is 1. The molecular formula is C23H17ClN4O3S. The van der Waals surface area contributed by atoms with Gasteiger partial charge in [-0.25, -0.2) is 14.5 Å². The Kier molecular flexibility index (Phi) is 5.03. The average Bonchev–Trinajstić information content (AvgIpc) is 3.33. The minimum atomic E-state index is -0.484. The van der Waals surface area contributed by atoms with Crippen molar-refractivity contribution in [1.82, 2.24) is 19.2 Å². The van der Waals surface area contributed by atoms with Crippen LogP contribution in [-0.2, 0) is 11.3 Å². The molecule has 0 spiro atoms. The molecule has 0 radical (unpaired) electrons. The molecular weight excluding hydrogens is 448 g/mol. The Morgan fingerprint density at radius 1 is 1.12 bits per heavy atom. The molecule has 0 aliphatic rings. The van der Waals surface area contributed by atoms with E-state index in [9.17, 15) is 9.59 Å². The Morgan fingerprint density at radius 2 is 1.94 bits per heavy atom. The van der Waals surface area contributed by atoms with Crippen LogP contribution in [0.5, 0.6) is 0 Å². The highest BCUT2D eigenvalue weighted by Crippen LogP contribution is 2.32. The summed E-state index contributed by atoms with van der Waals surface area (Å²) < 4.78 is 8.71. The number of rotatable bonds is 4. The van der Waals surface area contributed by atoms with E-state index in [0.29, 0.717) is 21.2 Å². The van der Waals surface area contributed by atoms with Crippen LogP contribution in [0.4, 0.5) is 0 Å². The predicted octanol–water partition coefficient (Wildman–Crippen LogP) is 4.72. The third-order valence-corrected chi connectivity index (χ3v) is 6.52. The topological polar surface area (TPSA) is 78.5 Å². The summed E-state index contributed by atoms with van der Waals surface area (Å²) in [4.78, 5) is 30.8. The Labute approximate surface area is 191 Å². The molecule has 7 nitrogen and oxygen atoms in total. The van der Waals surface area contributed by atoms with Crippen molar-refractivity contribution >= 4 is 44.8 Å². The van der Waals surface area contributed by atoms with Crippen LogP contribution in [-0.4, -0.2) is 25.1 Å². The lowest BCUT2D eigenvalue weighted by atomic mass is 10.3. The second-order valence-corrected chi connectivity index (χ2v) is 8.74. The van der Waals surface area contributed by atoms with Gasteiger partial charge in [-0.3, -0.25) is 9.20 Å². The van der Waals surface area contributed by atoms with Gasteiger partial charge in [0.25, 0.3) is 5.56 Å². The summed E-state index contributed by atoms with van der Waals surface area (Å²) in [6, 6.07) is 16.0. The van der Waals surface area contributed by atoms with Crippen LogP contribution < -0.4 is 5.56 Å². The molecule has 4 aromatic heterocycles. The largest absolute Gasteiger partial charge is 0.455 e. The Balaban J connectivity index is 1.43. The number of pyridine rings is 1. The molecule has 5 aromatic rings. The normalized spacial score (nSPS) is 11.3. The highest BCUT2D eigenvalue weighted by molar-refractivity contribution is 7.20. The van der Waals surface area contributed by atoms with Gasteiger partial charge in [-0.15, -0.1) is 11.3 Å². The highest BCUT2D eigenvalue weighted by atomic mass is 35.5. The molecule has 0 saturated carbocycles. The molecule has 4 heterocycles. The maximum absolute atomic E-state index is 12.7. The van der Waals surface area contributed by atoms with Crippen molar-refractivity contribution in [2.24, 2.45) is 0 Å². The van der Waals surface area contributed by atoms with Crippen LogP contribution in [0.25, 0.3) is 21.6 Å². The van der Waals surface area contributed by atoms with Gasteiger partial charge in [0.1, 0.15) is 22.0 Å². The Hall–Kier alpha value is -3.49. The summed E-state index contributed by atoms with van der Waals surface area (Å²) in [5.74, 6) is -0.484. The maximum Gasteiger partial charge on any atom is 0.348 e. The molecule has 1 aromatic carbocycles. The lowest BCUT2D eigenvalue weighted by Crippen LogP contribution is -2.18. The number of hydrogen-bond donors (Lipinski definition) is 0. The van der Waals surface area contributed by atoms with Gasteiger partial charge < -0.3 is 4.74 Å². The lowest BCUT2D eigenvalue weighted by Gasteiger charge is -2.07. The van der Waals surface area contributed by atoms with Gasteiger partial charge in [0.15, 0.2) is 0 Å². The zero-order valence-electron chi connectivity index (χ0n) is 17.2. The minimum absolute atomic E-state index is 0.0949. The van der Waals surface area contributed by atoms with E-state index in [2.05, 4.69) is 10.1 Å². The summed E-state index contributed by atoms with van der Waals surface area (Å²) >= 11 is 7.62. The number of para-hydroxylation sites is 1. The van der Waals surface area contributed by atoms with Gasteiger partial charge in [-0.1, -0.05) is 29.8 Å². The second kappa shape index (κ2) is 7.89. The number of fused-ring (bicyclic) bond motifs is 2. The number of nitrogens with zero attached hydrogens (tertiary/aromatic N) is 4. The fourth-order valence-corrected chi connectivity index (χ4v) is 4.87. The zero-order valence-corrected chi connectivity index (χ0v) is 18.8. The number of ether oxygens (including phenoxy) is 1. The molecule has 32 heavy (non-hydrogen) atoms. The molecule has 0 aliphatic carbocycles. The third kappa shape index (κ3) is 3.47. The van der Waals surface area contributed by atoms with Crippen molar-refractivity contribution < 1.29 is 9.53 Å². The first-order valence-electron chi connectivity index (χ1n) is 9.82. The molecule has 0 aliphatic heterocycles. The van der Waals surface area contributed by atoms with E-state index >= 15 is 0 Å². The summed E-state index contributed by atoms with van der Waals surface area (Å²) in [5, 5.41) is 5.99. The molecule has 9 heteroatoms. The highest BCUT2D eigenvalue weighted by Gasteiger charge is 2.19. The fourth-order valence-electron chi connectivity index (χ4n) is 3.58. The fraction of sp³-hybridized carbons (Fsp3) is 0.130. The van der Waals surface area contributed by atoms with Gasteiger partial charge in [-0.05, 0) is 44.2 Å². The number of benzene rings is 1. The van der Waals surface area contributed by atoms with E-state index in [1.54, 1.807) is 22.9 Å². The number of aromatic nitrogens is 4. The molecule has 0 N–H and O–H groups in total. The summed E-state index contributed by atoms with van der Waals surface area (Å²) in [5.41, 5.74) is 3.02. The number of hydrogen-bond acceptors (Lipinski definition) is 6. The first-order chi connectivity index (χ1) is 15.4. The molecule has 0 unspecified atom stereocenters. The monoisotopic (exact) mass is 464 g/mol. The van der Waals surface area contributed by atoms with E-state index in [0.717, 1.165) is 27.3 Å².